The predicted molar refractivity (Wildman–Crippen MR) is 92.7 cm³/mol. The van der Waals surface area contributed by atoms with E-state index in [9.17, 15) is 4.79 Å². The normalized spacial score (nSPS) is 10.6. The number of carbonyl (C=O) groups is 1. The topological polar surface area (TPSA) is 52.3 Å². The molecule has 0 aliphatic carbocycles. The number of hydrogen-bond acceptors (Lipinski definition) is 4. The van der Waals surface area contributed by atoms with Crippen LogP contribution in [0.25, 0.3) is 22.4 Å². The summed E-state index contributed by atoms with van der Waals surface area (Å²) in [7, 11) is 0. The zero-order valence-electron chi connectivity index (χ0n) is 13.8. The summed E-state index contributed by atoms with van der Waals surface area (Å²) in [6.07, 6.45) is 0.755. The zero-order valence-corrected chi connectivity index (χ0v) is 13.8. The van der Waals surface area contributed by atoms with E-state index in [4.69, 9.17) is 9.26 Å². The Labute approximate surface area is 141 Å². The Morgan fingerprint density at radius 1 is 1.04 bits per heavy atom. The molecule has 24 heavy (non-hydrogen) atoms. The molecule has 1 heterocycles. The molecule has 0 aliphatic rings. The van der Waals surface area contributed by atoms with Crippen LogP contribution in [0.5, 0.6) is 0 Å². The van der Waals surface area contributed by atoms with Crippen molar-refractivity contribution in [1.29, 1.82) is 0 Å². The fourth-order valence-electron chi connectivity index (χ4n) is 2.47. The molecule has 1 aromatic heterocycles. The minimum Gasteiger partial charge on any atom is -0.460 e. The molecule has 4 nitrogen and oxygen atoms in total. The molecule has 0 atom stereocenters. The Hall–Kier alpha value is -2.88. The summed E-state index contributed by atoms with van der Waals surface area (Å²) in [5.74, 6) is -0.341. The highest BCUT2D eigenvalue weighted by Crippen LogP contribution is 2.35. The highest BCUT2D eigenvalue weighted by molar-refractivity contribution is 5.98. The number of aromatic nitrogens is 1. The highest BCUT2D eigenvalue weighted by Gasteiger charge is 2.25. The first kappa shape index (κ1) is 16.0. The monoisotopic (exact) mass is 321 g/mol. The Bertz CT molecular complexity index is 820. The van der Waals surface area contributed by atoms with Crippen LogP contribution in [0.3, 0.4) is 0 Å². The fraction of sp³-hybridized carbons (Fsp3) is 0.200. The van der Waals surface area contributed by atoms with Gasteiger partial charge >= 0.3 is 5.97 Å². The van der Waals surface area contributed by atoms with Crippen LogP contribution < -0.4 is 0 Å². The van der Waals surface area contributed by atoms with Gasteiger partial charge in [-0.1, -0.05) is 72.2 Å². The maximum Gasteiger partial charge on any atom is 0.377 e. The Morgan fingerprint density at radius 2 is 1.75 bits per heavy atom. The maximum absolute atomic E-state index is 12.3. The lowest BCUT2D eigenvalue weighted by Crippen LogP contribution is -2.06. The van der Waals surface area contributed by atoms with Gasteiger partial charge in [0.15, 0.2) is 0 Å². The molecule has 0 unspecified atom stereocenters. The molecule has 0 spiro atoms. The summed E-state index contributed by atoms with van der Waals surface area (Å²) >= 11 is 0. The molecule has 0 radical (unpaired) electrons. The zero-order chi connectivity index (χ0) is 16.9. The summed E-state index contributed by atoms with van der Waals surface area (Å²) in [4.78, 5) is 12.3. The van der Waals surface area contributed by atoms with Crippen LogP contribution in [0.2, 0.25) is 0 Å². The van der Waals surface area contributed by atoms with E-state index in [1.54, 1.807) is 0 Å². The molecule has 0 N–H and O–H groups in total. The average Bonchev–Trinajstić information content (AvgIpc) is 3.06. The second-order valence-electron chi connectivity index (χ2n) is 5.60. The third-order valence-electron chi connectivity index (χ3n) is 3.70. The third kappa shape index (κ3) is 3.23. The minimum atomic E-state index is -0.485. The van der Waals surface area contributed by atoms with Crippen molar-refractivity contribution in [3.05, 3.63) is 65.9 Å². The molecular weight excluding hydrogens is 302 g/mol. The van der Waals surface area contributed by atoms with Crippen molar-refractivity contribution in [3.63, 3.8) is 0 Å². The Kier molecular flexibility index (Phi) is 4.75. The first-order valence-electron chi connectivity index (χ1n) is 8.00. The number of rotatable bonds is 5. The summed E-state index contributed by atoms with van der Waals surface area (Å²) in [5.41, 5.74) is 4.24. The van der Waals surface area contributed by atoms with Crippen molar-refractivity contribution in [2.45, 2.75) is 20.3 Å². The van der Waals surface area contributed by atoms with Gasteiger partial charge in [0.25, 0.3) is 5.76 Å². The van der Waals surface area contributed by atoms with E-state index in [2.05, 4.69) is 5.16 Å². The van der Waals surface area contributed by atoms with Crippen molar-refractivity contribution >= 4 is 5.97 Å². The van der Waals surface area contributed by atoms with Gasteiger partial charge in [-0.05, 0) is 18.9 Å². The lowest BCUT2D eigenvalue weighted by Gasteiger charge is -2.05. The second-order valence-corrected chi connectivity index (χ2v) is 5.60. The average molecular weight is 321 g/mol. The summed E-state index contributed by atoms with van der Waals surface area (Å²) in [6.45, 7) is 4.33. The molecule has 4 heteroatoms. The second kappa shape index (κ2) is 7.13. The summed E-state index contributed by atoms with van der Waals surface area (Å²) < 4.78 is 10.6. The lowest BCUT2D eigenvalue weighted by atomic mass is 9.98. The van der Waals surface area contributed by atoms with Crippen molar-refractivity contribution in [1.82, 2.24) is 5.16 Å². The third-order valence-corrected chi connectivity index (χ3v) is 3.70. The molecule has 2 aromatic carbocycles. The van der Waals surface area contributed by atoms with Gasteiger partial charge in [-0.25, -0.2) is 4.79 Å². The van der Waals surface area contributed by atoms with Gasteiger partial charge in [0.1, 0.15) is 5.69 Å². The lowest BCUT2D eigenvalue weighted by molar-refractivity contribution is 0.0460. The van der Waals surface area contributed by atoms with Crippen LogP contribution in [-0.2, 0) is 4.74 Å². The van der Waals surface area contributed by atoms with Gasteiger partial charge in [-0.15, -0.1) is 0 Å². The van der Waals surface area contributed by atoms with Gasteiger partial charge in [-0.3, -0.25) is 0 Å². The Balaban J connectivity index is 2.11. The molecule has 122 valence electrons. The smallest absolute Gasteiger partial charge is 0.377 e. The largest absolute Gasteiger partial charge is 0.460 e. The van der Waals surface area contributed by atoms with Gasteiger partial charge in [0.2, 0.25) is 0 Å². The van der Waals surface area contributed by atoms with Crippen LogP contribution >= 0.6 is 0 Å². The van der Waals surface area contributed by atoms with Gasteiger partial charge in [-0.2, -0.15) is 0 Å². The molecule has 0 saturated carbocycles. The van der Waals surface area contributed by atoms with Crippen LogP contribution in [-0.4, -0.2) is 17.7 Å². The SMILES string of the molecule is CCCOC(=O)c1onc(-c2ccc(C)cc2)c1-c1ccccc1. The van der Waals surface area contributed by atoms with Crippen molar-refractivity contribution < 1.29 is 14.1 Å². The van der Waals surface area contributed by atoms with Crippen LogP contribution in [0, 0.1) is 6.92 Å². The quantitative estimate of drug-likeness (QED) is 0.628. The molecule has 0 amide bonds. The Morgan fingerprint density at radius 3 is 2.42 bits per heavy atom. The van der Waals surface area contributed by atoms with E-state index in [0.29, 0.717) is 17.9 Å². The summed E-state index contributed by atoms with van der Waals surface area (Å²) in [5, 5.41) is 4.15. The van der Waals surface area contributed by atoms with E-state index in [0.717, 1.165) is 23.1 Å². The van der Waals surface area contributed by atoms with Gasteiger partial charge in [0, 0.05) is 5.56 Å². The first-order valence-corrected chi connectivity index (χ1v) is 8.00. The molecule has 3 rings (SSSR count). The fourth-order valence-corrected chi connectivity index (χ4v) is 2.47. The molecule has 0 fully saturated rings. The maximum atomic E-state index is 12.3. The van der Waals surface area contributed by atoms with E-state index in [-0.39, 0.29) is 5.76 Å². The molecule has 0 aliphatic heterocycles. The van der Waals surface area contributed by atoms with Crippen molar-refractivity contribution in [3.8, 4) is 22.4 Å². The van der Waals surface area contributed by atoms with E-state index >= 15 is 0 Å². The van der Waals surface area contributed by atoms with E-state index in [1.165, 1.54) is 0 Å². The number of hydrogen-bond donors (Lipinski definition) is 0. The first-order chi connectivity index (χ1) is 11.7. The molecule has 3 aromatic rings. The molecule has 0 bridgehead atoms. The predicted octanol–water partition coefficient (Wildman–Crippen LogP) is 4.88. The number of aryl methyl sites for hydroxylation is 1. The van der Waals surface area contributed by atoms with Crippen LogP contribution in [0.1, 0.15) is 29.5 Å². The van der Waals surface area contributed by atoms with Gasteiger partial charge < -0.3 is 9.26 Å². The number of benzene rings is 2. The number of carbonyl (C=O) groups excluding carboxylic acids is 1. The van der Waals surface area contributed by atoms with Gasteiger partial charge in [0.05, 0.1) is 12.2 Å². The van der Waals surface area contributed by atoms with Crippen LogP contribution in [0.4, 0.5) is 0 Å². The van der Waals surface area contributed by atoms with Crippen LogP contribution in [0.15, 0.2) is 59.1 Å². The van der Waals surface area contributed by atoms with Crippen molar-refractivity contribution in [2.24, 2.45) is 0 Å². The van der Waals surface area contributed by atoms with E-state index < -0.39 is 5.97 Å². The minimum absolute atomic E-state index is 0.144. The standard InChI is InChI=1S/C20H19NO3/c1-3-13-23-20(22)19-17(15-7-5-4-6-8-15)18(21-24-19)16-11-9-14(2)10-12-16/h4-12H,3,13H2,1-2H3. The number of esters is 1. The van der Waals surface area contributed by atoms with E-state index in [1.807, 2.05) is 68.4 Å². The highest BCUT2D eigenvalue weighted by atomic mass is 16.6. The number of ether oxygens (including phenoxy) is 1. The number of nitrogens with zero attached hydrogens (tertiary/aromatic N) is 1. The molecule has 0 saturated heterocycles. The molecular formula is C20H19NO3. The summed E-state index contributed by atoms with van der Waals surface area (Å²) in [6, 6.07) is 17.6. The van der Waals surface area contributed by atoms with Crippen molar-refractivity contribution in [2.75, 3.05) is 6.61 Å².